The molecule has 2 aliphatic rings. The second-order valence-electron chi connectivity index (χ2n) is 7.48. The quantitative estimate of drug-likeness (QED) is 0.187. The molecular weight excluding hydrogens is 476 g/mol. The Labute approximate surface area is 201 Å². The van der Waals surface area contributed by atoms with Crippen molar-refractivity contribution in [1.29, 1.82) is 0 Å². The fraction of sp³-hybridized carbons (Fsp3) is 0.0370. The van der Waals surface area contributed by atoms with Gasteiger partial charge in [0.2, 0.25) is 0 Å². The first-order valence-corrected chi connectivity index (χ1v) is 10.2. The normalized spacial score (nSPS) is 11.4. The van der Waals surface area contributed by atoms with Gasteiger partial charge in [-0.25, -0.2) is 9.97 Å². The summed E-state index contributed by atoms with van der Waals surface area (Å²) in [5.74, 6) is 0. The molecule has 0 amide bonds. The zero-order chi connectivity index (χ0) is 21.0. The molecular formula is C27H21MoN4-. The van der Waals surface area contributed by atoms with Crippen LogP contribution in [0.15, 0.2) is 72.8 Å². The minimum absolute atomic E-state index is 0. The fourth-order valence-corrected chi connectivity index (χ4v) is 3.41. The SMILES string of the molecule is C1=Cc2cc3ccc(cc4ccc(cc5nc(cc1n2)C=C5)[nH]4)[nH]3.Cc1cc[c-]cc1.[Mo]. The number of fused-ring (bicyclic) bond motifs is 8. The van der Waals surface area contributed by atoms with Crippen molar-refractivity contribution in [2.75, 3.05) is 0 Å². The van der Waals surface area contributed by atoms with E-state index in [1.165, 1.54) is 5.56 Å². The first-order valence-electron chi connectivity index (χ1n) is 10.2. The molecule has 0 saturated heterocycles. The van der Waals surface area contributed by atoms with E-state index in [2.05, 4.69) is 63.3 Å². The molecule has 5 heteroatoms. The number of benzene rings is 1. The Morgan fingerprint density at radius 2 is 0.969 bits per heavy atom. The van der Waals surface area contributed by atoms with Gasteiger partial charge >= 0.3 is 0 Å². The van der Waals surface area contributed by atoms with Crippen molar-refractivity contribution in [2.24, 2.45) is 0 Å². The van der Waals surface area contributed by atoms with Crippen LogP contribution < -0.4 is 0 Å². The van der Waals surface area contributed by atoms with Crippen LogP contribution in [0.25, 0.3) is 46.4 Å². The third-order valence-electron chi connectivity index (χ3n) is 4.93. The first kappa shape index (κ1) is 21.7. The summed E-state index contributed by atoms with van der Waals surface area (Å²) in [5.41, 5.74) is 9.15. The summed E-state index contributed by atoms with van der Waals surface area (Å²) in [7, 11) is 0. The summed E-state index contributed by atoms with van der Waals surface area (Å²) in [6.07, 6.45) is 8.05. The summed E-state index contributed by atoms with van der Waals surface area (Å²) in [5, 5.41) is 0. The van der Waals surface area contributed by atoms with Gasteiger partial charge in [-0.1, -0.05) is 6.92 Å². The average Bonchev–Trinajstić information content (AvgIpc) is 3.55. The van der Waals surface area contributed by atoms with Crippen molar-refractivity contribution >= 4 is 46.4 Å². The molecule has 156 valence electrons. The zero-order valence-corrected chi connectivity index (χ0v) is 19.5. The Balaban J connectivity index is 0.000000265. The molecule has 8 bridgehead atoms. The van der Waals surface area contributed by atoms with Crippen molar-refractivity contribution in [2.45, 2.75) is 6.92 Å². The maximum Gasteiger partial charge on any atom is 0.0659 e. The number of rotatable bonds is 0. The second kappa shape index (κ2) is 9.76. The molecule has 0 unspecified atom stereocenters. The molecule has 3 aromatic heterocycles. The van der Waals surface area contributed by atoms with E-state index in [0.29, 0.717) is 0 Å². The summed E-state index contributed by atoms with van der Waals surface area (Å²) in [6.45, 7) is 2.06. The monoisotopic (exact) mass is 499 g/mol. The van der Waals surface area contributed by atoms with Gasteiger partial charge in [-0.15, -0.1) is 0 Å². The van der Waals surface area contributed by atoms with Crippen molar-refractivity contribution in [3.8, 4) is 0 Å². The molecule has 6 rings (SSSR count). The molecule has 0 saturated carbocycles. The maximum atomic E-state index is 4.62. The number of aryl methyl sites for hydroxylation is 1. The standard InChI is InChI=1S/C20H14N4.C7H7.Mo/c1-2-14-10-16-5-6-18(23-16)12-20-8-7-19(24-20)11-17-4-3-15(22-17)9-13(1)21-14;1-7-5-3-2-4-6-7;/h1-12,21-22H;3-6H,1H3;/q;-1;. The number of H-pyrrole nitrogens is 2. The van der Waals surface area contributed by atoms with Crippen LogP contribution in [-0.2, 0) is 21.1 Å². The molecule has 0 spiro atoms. The van der Waals surface area contributed by atoms with Gasteiger partial charge in [-0.05, 0) is 72.8 Å². The Hall–Kier alpha value is -3.49. The van der Waals surface area contributed by atoms with Gasteiger partial charge in [0.1, 0.15) is 0 Å². The molecule has 5 heterocycles. The predicted octanol–water partition coefficient (Wildman–Crippen LogP) is 6.45. The summed E-state index contributed by atoms with van der Waals surface area (Å²) in [4.78, 5) is 16.0. The number of nitrogens with zero attached hydrogens (tertiary/aromatic N) is 2. The Morgan fingerprint density at radius 3 is 1.38 bits per heavy atom. The van der Waals surface area contributed by atoms with E-state index < -0.39 is 0 Å². The largest absolute Gasteiger partial charge is 0.355 e. The van der Waals surface area contributed by atoms with Gasteiger partial charge in [-0.2, -0.15) is 35.9 Å². The van der Waals surface area contributed by atoms with Gasteiger partial charge < -0.3 is 9.97 Å². The minimum atomic E-state index is 0. The molecule has 0 radical (unpaired) electrons. The van der Waals surface area contributed by atoms with E-state index >= 15 is 0 Å². The van der Waals surface area contributed by atoms with Crippen LogP contribution in [0.3, 0.4) is 0 Å². The molecule has 0 atom stereocenters. The van der Waals surface area contributed by atoms with Crippen LogP contribution >= 0.6 is 0 Å². The average molecular weight is 497 g/mol. The van der Waals surface area contributed by atoms with Crippen LogP contribution in [0, 0.1) is 13.0 Å². The van der Waals surface area contributed by atoms with E-state index in [1.54, 1.807) is 0 Å². The number of aromatic amines is 2. The van der Waals surface area contributed by atoms with Crippen molar-refractivity contribution in [3.63, 3.8) is 0 Å². The Morgan fingerprint density at radius 1 is 0.562 bits per heavy atom. The number of hydrogen-bond donors (Lipinski definition) is 2. The van der Waals surface area contributed by atoms with Gasteiger partial charge in [0.25, 0.3) is 0 Å². The van der Waals surface area contributed by atoms with Crippen LogP contribution in [-0.4, -0.2) is 19.9 Å². The van der Waals surface area contributed by atoms with Crippen LogP contribution in [0.4, 0.5) is 0 Å². The third-order valence-corrected chi connectivity index (χ3v) is 4.93. The topological polar surface area (TPSA) is 57.4 Å². The Bertz CT molecular complexity index is 1350. The van der Waals surface area contributed by atoms with Crippen molar-refractivity contribution in [3.05, 3.63) is 107 Å². The van der Waals surface area contributed by atoms with Crippen LogP contribution in [0.5, 0.6) is 0 Å². The van der Waals surface area contributed by atoms with Gasteiger partial charge in [0, 0.05) is 43.1 Å². The molecule has 4 nitrogen and oxygen atoms in total. The van der Waals surface area contributed by atoms with Crippen LogP contribution in [0.2, 0.25) is 0 Å². The maximum absolute atomic E-state index is 4.62. The van der Waals surface area contributed by atoms with Gasteiger partial charge in [0.15, 0.2) is 0 Å². The smallest absolute Gasteiger partial charge is 0.0659 e. The summed E-state index contributed by atoms with van der Waals surface area (Å²) < 4.78 is 0. The number of aromatic nitrogens is 4. The van der Waals surface area contributed by atoms with E-state index in [1.807, 2.05) is 66.8 Å². The van der Waals surface area contributed by atoms with E-state index in [9.17, 15) is 0 Å². The number of hydrogen-bond acceptors (Lipinski definition) is 2. The molecule has 2 aliphatic heterocycles. The van der Waals surface area contributed by atoms with Gasteiger partial charge in [-0.3, -0.25) is 0 Å². The van der Waals surface area contributed by atoms with Crippen molar-refractivity contribution < 1.29 is 21.1 Å². The second-order valence-corrected chi connectivity index (χ2v) is 7.48. The van der Waals surface area contributed by atoms with Gasteiger partial charge in [0.05, 0.1) is 22.8 Å². The summed E-state index contributed by atoms with van der Waals surface area (Å²) >= 11 is 0. The molecule has 4 aromatic rings. The predicted molar refractivity (Wildman–Crippen MR) is 129 cm³/mol. The minimum Gasteiger partial charge on any atom is -0.355 e. The Kier molecular flexibility index (Phi) is 6.63. The third kappa shape index (κ3) is 5.40. The number of nitrogens with one attached hydrogen (secondary N) is 2. The van der Waals surface area contributed by atoms with E-state index in [4.69, 9.17) is 0 Å². The molecule has 2 N–H and O–H groups in total. The fourth-order valence-electron chi connectivity index (χ4n) is 3.41. The first-order chi connectivity index (χ1) is 15.2. The molecule has 32 heavy (non-hydrogen) atoms. The molecule has 1 aromatic carbocycles. The van der Waals surface area contributed by atoms with Crippen molar-refractivity contribution in [1.82, 2.24) is 19.9 Å². The molecule has 0 fully saturated rings. The van der Waals surface area contributed by atoms with E-state index in [-0.39, 0.29) is 21.1 Å². The van der Waals surface area contributed by atoms with Crippen LogP contribution in [0.1, 0.15) is 28.3 Å². The summed E-state index contributed by atoms with van der Waals surface area (Å²) in [6, 6.07) is 27.2. The van der Waals surface area contributed by atoms with E-state index in [0.717, 1.165) is 44.8 Å². The molecule has 0 aliphatic carbocycles. The zero-order valence-electron chi connectivity index (χ0n) is 17.5.